The Bertz CT molecular complexity index is 1360. The molecular formula is C27H33F3N6O4. The maximum absolute atomic E-state index is 13.2. The molecule has 2 aromatic heterocycles. The number of anilines is 2. The van der Waals surface area contributed by atoms with E-state index in [1.54, 1.807) is 29.2 Å². The monoisotopic (exact) mass is 562 g/mol. The molecule has 0 bridgehead atoms. The molecule has 3 rings (SSSR count). The molecule has 216 valence electrons. The molecule has 2 heterocycles. The van der Waals surface area contributed by atoms with Crippen LogP contribution >= 0.6 is 0 Å². The van der Waals surface area contributed by atoms with E-state index in [0.717, 1.165) is 12.6 Å². The first-order valence-corrected chi connectivity index (χ1v) is 12.9. The number of aryl methyl sites for hydroxylation is 1. The maximum atomic E-state index is 13.2. The van der Waals surface area contributed by atoms with Crippen molar-refractivity contribution in [3.8, 4) is 17.0 Å². The Hall–Kier alpha value is -4.16. The molecule has 0 fully saturated rings. The number of carboxylic acids is 1. The fraction of sp³-hybridized carbons (Fsp3) is 0.444. The number of benzene rings is 1. The van der Waals surface area contributed by atoms with Crippen molar-refractivity contribution >= 4 is 17.7 Å². The summed E-state index contributed by atoms with van der Waals surface area (Å²) in [6.45, 7) is 7.18. The fourth-order valence-corrected chi connectivity index (χ4v) is 4.21. The van der Waals surface area contributed by atoms with Crippen LogP contribution in [-0.2, 0) is 24.2 Å². The average molecular weight is 563 g/mol. The molecule has 2 N–H and O–H groups in total. The first-order chi connectivity index (χ1) is 19.0. The lowest BCUT2D eigenvalue weighted by Crippen LogP contribution is -2.33. The van der Waals surface area contributed by atoms with Gasteiger partial charge in [0.05, 0.1) is 13.5 Å². The van der Waals surface area contributed by atoms with Crippen molar-refractivity contribution in [1.82, 2.24) is 19.5 Å². The molecule has 3 aromatic rings. The topological polar surface area (TPSA) is 122 Å². The maximum Gasteiger partial charge on any atom is 0.393 e. The number of hydrogen-bond donors (Lipinski definition) is 2. The Morgan fingerprint density at radius 2 is 1.82 bits per heavy atom. The number of aliphatic carboxylic acids is 1. The quantitative estimate of drug-likeness (QED) is 0.316. The largest absolute Gasteiger partial charge is 0.480 e. The molecular weight excluding hydrogens is 529 g/mol. The second-order valence-electron chi connectivity index (χ2n) is 9.07. The van der Waals surface area contributed by atoms with E-state index < -0.39 is 24.6 Å². The highest BCUT2D eigenvalue weighted by molar-refractivity contribution is 5.78. The van der Waals surface area contributed by atoms with Gasteiger partial charge in [-0.15, -0.1) is 0 Å². The van der Waals surface area contributed by atoms with Crippen LogP contribution in [0.5, 0.6) is 5.88 Å². The lowest BCUT2D eigenvalue weighted by Gasteiger charge is -2.22. The molecule has 40 heavy (non-hydrogen) atoms. The third-order valence-electron chi connectivity index (χ3n) is 6.24. The van der Waals surface area contributed by atoms with Crippen LogP contribution in [0.25, 0.3) is 11.1 Å². The van der Waals surface area contributed by atoms with Crippen LogP contribution in [0.3, 0.4) is 0 Å². The molecule has 1 atom stereocenters. The van der Waals surface area contributed by atoms with Crippen molar-refractivity contribution in [2.45, 2.75) is 58.8 Å². The zero-order valence-electron chi connectivity index (χ0n) is 22.8. The zero-order valence-corrected chi connectivity index (χ0v) is 22.8. The summed E-state index contributed by atoms with van der Waals surface area (Å²) in [5.41, 5.74) is 0.874. The zero-order chi connectivity index (χ0) is 29.4. The van der Waals surface area contributed by atoms with Crippen LogP contribution in [0.2, 0.25) is 0 Å². The summed E-state index contributed by atoms with van der Waals surface area (Å²) in [6, 6.07) is 5.34. The normalized spacial score (nSPS) is 12.2. The fourth-order valence-electron chi connectivity index (χ4n) is 4.21. The molecule has 0 saturated heterocycles. The smallest absolute Gasteiger partial charge is 0.393 e. The van der Waals surface area contributed by atoms with Gasteiger partial charge in [0.1, 0.15) is 23.8 Å². The number of hydrogen-bond acceptors (Lipinski definition) is 8. The van der Waals surface area contributed by atoms with Crippen LogP contribution < -0.4 is 20.5 Å². The Kier molecular flexibility index (Phi) is 10.1. The van der Waals surface area contributed by atoms with Gasteiger partial charge in [-0.1, -0.05) is 31.2 Å². The molecule has 0 aliphatic heterocycles. The van der Waals surface area contributed by atoms with Gasteiger partial charge in [-0.05, 0) is 31.4 Å². The first kappa shape index (κ1) is 30.4. The Morgan fingerprint density at radius 3 is 2.38 bits per heavy atom. The van der Waals surface area contributed by atoms with Gasteiger partial charge in [-0.25, -0.2) is 14.8 Å². The van der Waals surface area contributed by atoms with Crippen molar-refractivity contribution in [3.63, 3.8) is 0 Å². The molecule has 0 spiro atoms. The lowest BCUT2D eigenvalue weighted by atomic mass is 10.0. The van der Waals surface area contributed by atoms with E-state index >= 15 is 0 Å². The van der Waals surface area contributed by atoms with Crippen molar-refractivity contribution in [2.75, 3.05) is 30.4 Å². The molecule has 0 saturated carbocycles. The predicted octanol–water partition coefficient (Wildman–Crippen LogP) is 4.18. The summed E-state index contributed by atoms with van der Waals surface area (Å²) in [5.74, 6) is -1.08. The van der Waals surface area contributed by atoms with E-state index in [2.05, 4.69) is 20.3 Å². The SMILES string of the molecule is CCCn1cnc(OC)c(-c2ccc(C[C@H](Nc3nc(N(CC)CC)ncc3CC(F)(F)F)C(=O)O)cc2)c1=O. The first-order valence-electron chi connectivity index (χ1n) is 12.9. The molecule has 0 amide bonds. The molecule has 1 aromatic carbocycles. The highest BCUT2D eigenvalue weighted by Crippen LogP contribution is 2.28. The van der Waals surface area contributed by atoms with Crippen LogP contribution in [0, 0.1) is 0 Å². The third kappa shape index (κ3) is 7.48. The number of halogens is 3. The number of nitrogens with one attached hydrogen (secondary N) is 1. The highest BCUT2D eigenvalue weighted by Gasteiger charge is 2.31. The number of nitrogens with zero attached hydrogens (tertiary/aromatic N) is 5. The Labute approximate surface area is 229 Å². The second kappa shape index (κ2) is 13.3. The van der Waals surface area contributed by atoms with Gasteiger partial charge in [0.15, 0.2) is 0 Å². The number of carbonyl (C=O) groups is 1. The van der Waals surface area contributed by atoms with E-state index in [1.165, 1.54) is 18.0 Å². The van der Waals surface area contributed by atoms with Gasteiger partial charge in [-0.2, -0.15) is 18.2 Å². The van der Waals surface area contributed by atoms with Crippen LogP contribution in [0.4, 0.5) is 24.9 Å². The summed E-state index contributed by atoms with van der Waals surface area (Å²) in [6.07, 6.45) is -2.65. The van der Waals surface area contributed by atoms with Gasteiger partial charge < -0.3 is 20.1 Å². The van der Waals surface area contributed by atoms with Gasteiger partial charge in [0, 0.05) is 37.8 Å². The molecule has 10 nitrogen and oxygen atoms in total. The van der Waals surface area contributed by atoms with Crippen LogP contribution in [0.1, 0.15) is 38.3 Å². The van der Waals surface area contributed by atoms with E-state index in [0.29, 0.717) is 30.8 Å². The summed E-state index contributed by atoms with van der Waals surface area (Å²) in [5, 5.41) is 12.6. The molecule has 0 aliphatic carbocycles. The number of carboxylic acid groups (broad SMARTS) is 1. The lowest BCUT2D eigenvalue weighted by molar-refractivity contribution is -0.137. The second-order valence-corrected chi connectivity index (χ2v) is 9.07. The highest BCUT2D eigenvalue weighted by atomic mass is 19.4. The van der Waals surface area contributed by atoms with Gasteiger partial charge in [-0.3, -0.25) is 9.36 Å². The average Bonchev–Trinajstić information content (AvgIpc) is 2.91. The van der Waals surface area contributed by atoms with Gasteiger partial charge in [0.25, 0.3) is 5.56 Å². The van der Waals surface area contributed by atoms with Gasteiger partial charge >= 0.3 is 12.1 Å². The predicted molar refractivity (Wildman–Crippen MR) is 145 cm³/mol. The van der Waals surface area contributed by atoms with E-state index in [-0.39, 0.29) is 40.8 Å². The van der Waals surface area contributed by atoms with E-state index in [9.17, 15) is 27.9 Å². The number of alkyl halides is 3. The minimum atomic E-state index is -4.53. The number of methoxy groups -OCH3 is 1. The summed E-state index contributed by atoms with van der Waals surface area (Å²) in [4.78, 5) is 39.4. The van der Waals surface area contributed by atoms with Crippen molar-refractivity contribution in [2.24, 2.45) is 0 Å². The van der Waals surface area contributed by atoms with Crippen LogP contribution in [-0.4, -0.2) is 63.0 Å². The van der Waals surface area contributed by atoms with E-state index in [1.807, 2.05) is 20.8 Å². The molecule has 0 aliphatic rings. The number of aromatic nitrogens is 4. The van der Waals surface area contributed by atoms with Crippen molar-refractivity contribution in [3.05, 3.63) is 58.3 Å². The minimum absolute atomic E-state index is 0.0596. The van der Waals surface area contributed by atoms with Crippen molar-refractivity contribution in [1.29, 1.82) is 0 Å². The number of ether oxygens (including phenoxy) is 1. The third-order valence-corrected chi connectivity index (χ3v) is 6.24. The molecule has 13 heteroatoms. The van der Waals surface area contributed by atoms with E-state index in [4.69, 9.17) is 4.74 Å². The summed E-state index contributed by atoms with van der Waals surface area (Å²) in [7, 11) is 1.42. The van der Waals surface area contributed by atoms with Crippen LogP contribution in [0.15, 0.2) is 41.6 Å². The number of rotatable bonds is 13. The molecule has 0 radical (unpaired) electrons. The Morgan fingerprint density at radius 1 is 1.15 bits per heavy atom. The molecule has 0 unspecified atom stereocenters. The minimum Gasteiger partial charge on any atom is -0.480 e. The van der Waals surface area contributed by atoms with Gasteiger partial charge in [0.2, 0.25) is 11.8 Å². The standard InChI is InChI=1S/C27H33F3N6O4/c1-5-12-36-16-32-23(40-4)21(24(36)37)18-10-8-17(9-11-18)13-20(25(38)39)33-22-19(14-27(28,29)30)15-31-26(34-22)35(6-2)7-3/h8-11,15-16,20H,5-7,12-14H2,1-4H3,(H,38,39)(H,31,33,34)/t20-/m0/s1. The van der Waals surface area contributed by atoms with Crippen molar-refractivity contribution < 1.29 is 27.8 Å². The summed E-state index contributed by atoms with van der Waals surface area (Å²) < 4.78 is 46.5. The summed E-state index contributed by atoms with van der Waals surface area (Å²) >= 11 is 0. The Balaban J connectivity index is 1.92.